The van der Waals surface area contributed by atoms with E-state index in [-0.39, 0.29) is 0 Å². The Kier molecular flexibility index (Phi) is 6.13. The van der Waals surface area contributed by atoms with Gasteiger partial charge < -0.3 is 4.90 Å². The van der Waals surface area contributed by atoms with Gasteiger partial charge in [-0.2, -0.15) is 11.8 Å². The van der Waals surface area contributed by atoms with Crippen molar-refractivity contribution in [3.05, 3.63) is 35.9 Å². The third-order valence-corrected chi connectivity index (χ3v) is 7.30. The molecule has 1 unspecified atom stereocenters. The number of nitrogens with zero attached hydrogens (tertiary/aromatic N) is 1. The molecule has 0 aromatic heterocycles. The Balaban J connectivity index is 1.48. The standard InChI is InChI=1S/C18H25NOS2/c20-18(14-22-16-8-4-5-9-16)19-11-10-17(21-13-12-19)15-6-2-1-3-7-15/h1-3,6-7,16-17H,4-5,8-14H2. The highest BCUT2D eigenvalue weighted by atomic mass is 32.2. The first-order valence-electron chi connectivity index (χ1n) is 8.39. The first-order valence-corrected chi connectivity index (χ1v) is 10.5. The summed E-state index contributed by atoms with van der Waals surface area (Å²) in [6.45, 7) is 1.83. The smallest absolute Gasteiger partial charge is 0.232 e. The average molecular weight is 336 g/mol. The molecule has 2 aliphatic rings. The van der Waals surface area contributed by atoms with Crippen molar-refractivity contribution in [2.45, 2.75) is 42.6 Å². The molecule has 0 N–H and O–H groups in total. The van der Waals surface area contributed by atoms with E-state index in [9.17, 15) is 4.79 Å². The molecule has 22 heavy (non-hydrogen) atoms. The van der Waals surface area contributed by atoms with E-state index in [2.05, 4.69) is 35.2 Å². The monoisotopic (exact) mass is 335 g/mol. The van der Waals surface area contributed by atoms with Crippen LogP contribution in [-0.4, -0.2) is 40.7 Å². The lowest BCUT2D eigenvalue weighted by Crippen LogP contribution is -2.34. The Morgan fingerprint density at radius 1 is 1.14 bits per heavy atom. The zero-order valence-corrected chi connectivity index (χ0v) is 14.7. The minimum absolute atomic E-state index is 0.353. The normalized spacial score (nSPS) is 23.5. The van der Waals surface area contributed by atoms with Crippen molar-refractivity contribution in [2.24, 2.45) is 0 Å². The van der Waals surface area contributed by atoms with Crippen molar-refractivity contribution < 1.29 is 4.79 Å². The Hall–Kier alpha value is -0.610. The second-order valence-corrected chi connectivity index (χ2v) is 8.76. The van der Waals surface area contributed by atoms with Crippen LogP contribution in [0.4, 0.5) is 0 Å². The number of carbonyl (C=O) groups excluding carboxylic acids is 1. The largest absolute Gasteiger partial charge is 0.341 e. The average Bonchev–Trinajstić information content (AvgIpc) is 2.96. The molecule has 0 bridgehead atoms. The van der Waals surface area contributed by atoms with Gasteiger partial charge in [0.1, 0.15) is 0 Å². The maximum Gasteiger partial charge on any atom is 0.232 e. The van der Waals surface area contributed by atoms with Gasteiger partial charge in [-0.25, -0.2) is 0 Å². The molecule has 4 heteroatoms. The molecule has 1 amide bonds. The van der Waals surface area contributed by atoms with Gasteiger partial charge in [0.15, 0.2) is 0 Å². The molecule has 1 aromatic rings. The summed E-state index contributed by atoms with van der Waals surface area (Å²) in [6, 6.07) is 10.7. The summed E-state index contributed by atoms with van der Waals surface area (Å²) in [4.78, 5) is 14.5. The second kappa shape index (κ2) is 8.30. The van der Waals surface area contributed by atoms with Crippen molar-refractivity contribution in [3.63, 3.8) is 0 Å². The van der Waals surface area contributed by atoms with Crippen LogP contribution in [0.1, 0.15) is 42.9 Å². The highest BCUT2D eigenvalue weighted by Gasteiger charge is 2.23. The van der Waals surface area contributed by atoms with Gasteiger partial charge in [-0.1, -0.05) is 43.2 Å². The van der Waals surface area contributed by atoms with Crippen LogP contribution < -0.4 is 0 Å². The van der Waals surface area contributed by atoms with Crippen molar-refractivity contribution in [3.8, 4) is 0 Å². The van der Waals surface area contributed by atoms with Gasteiger partial charge in [0.25, 0.3) is 0 Å². The lowest BCUT2D eigenvalue weighted by Gasteiger charge is -2.21. The number of hydrogen-bond acceptors (Lipinski definition) is 3. The van der Waals surface area contributed by atoms with Gasteiger partial charge in [0.05, 0.1) is 5.75 Å². The molecule has 120 valence electrons. The molecule has 3 rings (SSSR count). The molecule has 1 atom stereocenters. The minimum atomic E-state index is 0.353. The van der Waals surface area contributed by atoms with Gasteiger partial charge in [0, 0.05) is 29.3 Å². The van der Waals surface area contributed by atoms with Gasteiger partial charge in [-0.15, -0.1) is 11.8 Å². The van der Waals surface area contributed by atoms with Crippen molar-refractivity contribution >= 4 is 29.4 Å². The van der Waals surface area contributed by atoms with E-state index < -0.39 is 0 Å². The summed E-state index contributed by atoms with van der Waals surface area (Å²) in [5.74, 6) is 2.09. The highest BCUT2D eigenvalue weighted by molar-refractivity contribution is 8.00. The number of thioether (sulfide) groups is 2. The SMILES string of the molecule is O=C(CSC1CCCC1)N1CCSC(c2ccccc2)CC1. The fourth-order valence-electron chi connectivity index (χ4n) is 3.29. The first kappa shape index (κ1) is 16.3. The van der Waals surface area contributed by atoms with Gasteiger partial charge in [-0.05, 0) is 24.8 Å². The maximum absolute atomic E-state index is 12.4. The lowest BCUT2D eigenvalue weighted by molar-refractivity contribution is -0.128. The molecular weight excluding hydrogens is 310 g/mol. The molecule has 1 heterocycles. The molecule has 2 fully saturated rings. The van der Waals surface area contributed by atoms with Gasteiger partial charge in [0.2, 0.25) is 5.91 Å². The van der Waals surface area contributed by atoms with E-state index in [4.69, 9.17) is 0 Å². The van der Waals surface area contributed by atoms with E-state index >= 15 is 0 Å². The summed E-state index contributed by atoms with van der Waals surface area (Å²) in [6.07, 6.45) is 6.40. The molecular formula is C18H25NOS2. The van der Waals surface area contributed by atoms with Crippen LogP contribution in [0.15, 0.2) is 30.3 Å². The molecule has 1 saturated heterocycles. The van der Waals surface area contributed by atoms with Crippen LogP contribution in [0.2, 0.25) is 0 Å². The van der Waals surface area contributed by atoms with Crippen LogP contribution in [0.3, 0.4) is 0 Å². The Morgan fingerprint density at radius 2 is 1.91 bits per heavy atom. The predicted molar refractivity (Wildman–Crippen MR) is 97.6 cm³/mol. The fourth-order valence-corrected chi connectivity index (χ4v) is 5.75. The summed E-state index contributed by atoms with van der Waals surface area (Å²) < 4.78 is 0. The first-order chi connectivity index (χ1) is 10.8. The maximum atomic E-state index is 12.4. The van der Waals surface area contributed by atoms with Crippen LogP contribution in [0.5, 0.6) is 0 Å². The number of amides is 1. The number of carbonyl (C=O) groups is 1. The fraction of sp³-hybridized carbons (Fsp3) is 0.611. The van der Waals surface area contributed by atoms with Crippen molar-refractivity contribution in [2.75, 3.05) is 24.6 Å². The Bertz CT molecular complexity index is 473. The molecule has 1 aliphatic heterocycles. The van der Waals surface area contributed by atoms with Crippen molar-refractivity contribution in [1.82, 2.24) is 4.90 Å². The summed E-state index contributed by atoms with van der Waals surface area (Å²) in [5, 5.41) is 1.28. The summed E-state index contributed by atoms with van der Waals surface area (Å²) >= 11 is 3.89. The van der Waals surface area contributed by atoms with Crippen molar-refractivity contribution in [1.29, 1.82) is 0 Å². The van der Waals surface area contributed by atoms with E-state index in [0.717, 1.165) is 30.5 Å². The lowest BCUT2D eigenvalue weighted by atomic mass is 10.1. The minimum Gasteiger partial charge on any atom is -0.341 e. The van der Waals surface area contributed by atoms with E-state index in [1.165, 1.54) is 31.2 Å². The molecule has 1 aliphatic carbocycles. The van der Waals surface area contributed by atoms with Gasteiger partial charge in [-0.3, -0.25) is 4.79 Å². The van der Waals surface area contributed by atoms with E-state index in [0.29, 0.717) is 16.9 Å². The zero-order chi connectivity index (χ0) is 15.2. The molecule has 1 saturated carbocycles. The van der Waals surface area contributed by atoms with E-state index in [1.807, 2.05) is 23.5 Å². The summed E-state index contributed by atoms with van der Waals surface area (Å²) in [7, 11) is 0. The molecule has 2 nitrogen and oxygen atoms in total. The van der Waals surface area contributed by atoms with Crippen LogP contribution in [0.25, 0.3) is 0 Å². The Morgan fingerprint density at radius 3 is 2.68 bits per heavy atom. The molecule has 0 spiro atoms. The quantitative estimate of drug-likeness (QED) is 0.815. The van der Waals surface area contributed by atoms with E-state index in [1.54, 1.807) is 0 Å². The Labute approximate surface area is 142 Å². The van der Waals surface area contributed by atoms with Crippen LogP contribution in [0, 0.1) is 0 Å². The number of rotatable bonds is 4. The summed E-state index contributed by atoms with van der Waals surface area (Å²) in [5.41, 5.74) is 1.40. The number of hydrogen-bond donors (Lipinski definition) is 0. The predicted octanol–water partition coefficient (Wildman–Crippen LogP) is 4.37. The third kappa shape index (κ3) is 4.45. The third-order valence-electron chi connectivity index (χ3n) is 4.61. The van der Waals surface area contributed by atoms with Gasteiger partial charge >= 0.3 is 0 Å². The molecule has 1 aromatic carbocycles. The zero-order valence-electron chi connectivity index (χ0n) is 13.1. The van der Waals surface area contributed by atoms with Crippen LogP contribution in [-0.2, 0) is 4.79 Å². The topological polar surface area (TPSA) is 20.3 Å². The second-order valence-electron chi connectivity index (χ2n) is 6.16. The van der Waals surface area contributed by atoms with Crippen LogP contribution >= 0.6 is 23.5 Å². The molecule has 0 radical (unpaired) electrons. The highest BCUT2D eigenvalue weighted by Crippen LogP contribution is 2.34. The number of benzene rings is 1.